The standard InChI is InChI=1S/C47H28N4S/c48-29-34-16-11-21-43(51-41-19-9-7-17-35(41)36-18-8-10-20-42(36)51)46(34)32-22-24-44-37(26-32)38-27-33(23-25-45(38)52-44)47-49-39(30-12-3-1-4-13-30)28-40(50-47)31-14-5-2-6-15-31/h1-28H. The molecule has 0 unspecified atom stereocenters. The highest BCUT2D eigenvalue weighted by Gasteiger charge is 2.19. The molecule has 0 atom stereocenters. The molecule has 3 aromatic heterocycles. The molecule has 10 aromatic rings. The summed E-state index contributed by atoms with van der Waals surface area (Å²) < 4.78 is 4.68. The predicted octanol–water partition coefficient (Wildman–Crippen LogP) is 12.5. The minimum atomic E-state index is 0.638. The molecule has 0 aliphatic rings. The van der Waals surface area contributed by atoms with Gasteiger partial charge in [0.2, 0.25) is 0 Å². The average molecular weight is 681 g/mol. The van der Waals surface area contributed by atoms with E-state index in [1.165, 1.54) is 20.2 Å². The number of para-hydroxylation sites is 2. The molecule has 0 aliphatic carbocycles. The summed E-state index contributed by atoms with van der Waals surface area (Å²) in [7, 11) is 0. The zero-order valence-corrected chi connectivity index (χ0v) is 28.7. The fraction of sp³-hybridized carbons (Fsp3) is 0. The van der Waals surface area contributed by atoms with Crippen molar-refractivity contribution in [2.24, 2.45) is 0 Å². The lowest BCUT2D eigenvalue weighted by atomic mass is 9.96. The molecule has 0 radical (unpaired) electrons. The number of hydrogen-bond acceptors (Lipinski definition) is 4. The molecule has 7 aromatic carbocycles. The molecule has 52 heavy (non-hydrogen) atoms. The van der Waals surface area contributed by atoms with Crippen LogP contribution in [-0.2, 0) is 0 Å². The minimum Gasteiger partial charge on any atom is -0.309 e. The molecular weight excluding hydrogens is 653 g/mol. The van der Waals surface area contributed by atoms with Gasteiger partial charge in [0.15, 0.2) is 5.82 Å². The maximum absolute atomic E-state index is 10.5. The average Bonchev–Trinajstić information content (AvgIpc) is 3.76. The van der Waals surface area contributed by atoms with Crippen LogP contribution in [0.15, 0.2) is 170 Å². The number of nitriles is 1. The monoisotopic (exact) mass is 680 g/mol. The lowest BCUT2D eigenvalue weighted by molar-refractivity contribution is 1.18. The van der Waals surface area contributed by atoms with Gasteiger partial charge in [0.25, 0.3) is 0 Å². The molecular formula is C47H28N4S. The van der Waals surface area contributed by atoms with Gasteiger partial charge in [-0.25, -0.2) is 9.97 Å². The second-order valence-electron chi connectivity index (χ2n) is 12.9. The van der Waals surface area contributed by atoms with Gasteiger partial charge in [0.1, 0.15) is 0 Å². The second kappa shape index (κ2) is 12.2. The molecule has 242 valence electrons. The van der Waals surface area contributed by atoms with E-state index < -0.39 is 0 Å². The number of fused-ring (bicyclic) bond motifs is 6. The summed E-state index contributed by atoms with van der Waals surface area (Å²) in [6.45, 7) is 0. The molecule has 0 aliphatic heterocycles. The Balaban J connectivity index is 1.17. The van der Waals surface area contributed by atoms with Crippen molar-refractivity contribution in [3.8, 4) is 56.8 Å². The second-order valence-corrected chi connectivity index (χ2v) is 14.0. The van der Waals surface area contributed by atoms with Crippen molar-refractivity contribution in [2.45, 2.75) is 0 Å². The number of thiophene rings is 1. The van der Waals surface area contributed by atoms with E-state index in [0.29, 0.717) is 11.4 Å². The van der Waals surface area contributed by atoms with Crippen LogP contribution >= 0.6 is 11.3 Å². The largest absolute Gasteiger partial charge is 0.309 e. The zero-order chi connectivity index (χ0) is 34.6. The fourth-order valence-electron chi connectivity index (χ4n) is 7.47. The van der Waals surface area contributed by atoms with Crippen LogP contribution in [-0.4, -0.2) is 14.5 Å². The van der Waals surface area contributed by atoms with Gasteiger partial charge in [-0.2, -0.15) is 5.26 Å². The first-order valence-corrected chi connectivity index (χ1v) is 18.0. The van der Waals surface area contributed by atoms with Gasteiger partial charge in [-0.05, 0) is 66.2 Å². The summed E-state index contributed by atoms with van der Waals surface area (Å²) in [5.41, 5.74) is 10.6. The van der Waals surface area contributed by atoms with E-state index in [1.807, 2.05) is 48.5 Å². The lowest BCUT2D eigenvalue weighted by Crippen LogP contribution is -1.99. The van der Waals surface area contributed by atoms with Crippen LogP contribution in [0.5, 0.6) is 0 Å². The molecule has 0 bridgehead atoms. The highest BCUT2D eigenvalue weighted by molar-refractivity contribution is 7.25. The number of benzene rings is 7. The third kappa shape index (κ3) is 4.89. The fourth-order valence-corrected chi connectivity index (χ4v) is 8.53. The third-order valence-corrected chi connectivity index (χ3v) is 11.0. The maximum atomic E-state index is 10.5. The van der Waals surface area contributed by atoms with Crippen molar-refractivity contribution < 1.29 is 0 Å². The van der Waals surface area contributed by atoms with E-state index in [2.05, 4.69) is 132 Å². The van der Waals surface area contributed by atoms with Crippen LogP contribution in [0.25, 0.3) is 92.7 Å². The molecule has 3 heterocycles. The van der Waals surface area contributed by atoms with Gasteiger partial charge in [-0.15, -0.1) is 11.3 Å². The summed E-state index contributed by atoms with van der Waals surface area (Å²) in [6.07, 6.45) is 0. The van der Waals surface area contributed by atoms with Crippen LogP contribution in [0.1, 0.15) is 5.56 Å². The summed E-state index contributed by atoms with van der Waals surface area (Å²) in [6, 6.07) is 61.3. The van der Waals surface area contributed by atoms with Crippen molar-refractivity contribution in [3.05, 3.63) is 175 Å². The van der Waals surface area contributed by atoms with E-state index in [1.54, 1.807) is 11.3 Å². The number of aromatic nitrogens is 3. The molecule has 0 saturated carbocycles. The Morgan fingerprint density at radius 3 is 1.60 bits per heavy atom. The van der Waals surface area contributed by atoms with E-state index >= 15 is 0 Å². The van der Waals surface area contributed by atoms with E-state index in [4.69, 9.17) is 9.97 Å². The Morgan fingerprint density at radius 2 is 1.00 bits per heavy atom. The number of hydrogen-bond donors (Lipinski definition) is 0. The van der Waals surface area contributed by atoms with Crippen molar-refractivity contribution in [1.82, 2.24) is 14.5 Å². The Hall–Kier alpha value is -6.87. The first-order chi connectivity index (χ1) is 25.7. The SMILES string of the molecule is N#Cc1cccc(-n2c3ccccc3c3ccccc32)c1-c1ccc2sc3ccc(-c4nc(-c5ccccc5)cc(-c5ccccc5)n4)cc3c2c1. The highest BCUT2D eigenvalue weighted by atomic mass is 32.1. The highest BCUT2D eigenvalue weighted by Crippen LogP contribution is 2.42. The normalized spacial score (nSPS) is 11.4. The maximum Gasteiger partial charge on any atom is 0.160 e. The molecule has 0 saturated heterocycles. The van der Waals surface area contributed by atoms with Crippen LogP contribution in [0.4, 0.5) is 0 Å². The first kappa shape index (κ1) is 30.0. The summed E-state index contributed by atoms with van der Waals surface area (Å²) in [5.74, 6) is 0.682. The van der Waals surface area contributed by atoms with Crippen molar-refractivity contribution in [2.75, 3.05) is 0 Å². The summed E-state index contributed by atoms with van der Waals surface area (Å²) in [5, 5.41) is 15.1. The first-order valence-electron chi connectivity index (χ1n) is 17.2. The van der Waals surface area contributed by atoms with Gasteiger partial charge in [0.05, 0.1) is 39.7 Å². The minimum absolute atomic E-state index is 0.638. The van der Waals surface area contributed by atoms with Gasteiger partial charge >= 0.3 is 0 Å². The Labute approximate surface area is 304 Å². The predicted molar refractivity (Wildman–Crippen MR) is 216 cm³/mol. The van der Waals surface area contributed by atoms with Crippen LogP contribution in [0, 0.1) is 11.3 Å². The van der Waals surface area contributed by atoms with E-state index in [0.717, 1.165) is 66.7 Å². The van der Waals surface area contributed by atoms with Gasteiger partial charge in [0, 0.05) is 53.2 Å². The molecule has 0 fully saturated rings. The Kier molecular flexibility index (Phi) is 7.02. The molecule has 10 rings (SSSR count). The van der Waals surface area contributed by atoms with Crippen LogP contribution < -0.4 is 0 Å². The van der Waals surface area contributed by atoms with Crippen LogP contribution in [0.2, 0.25) is 0 Å². The van der Waals surface area contributed by atoms with Gasteiger partial charge in [-0.1, -0.05) is 109 Å². The van der Waals surface area contributed by atoms with Crippen molar-refractivity contribution in [3.63, 3.8) is 0 Å². The van der Waals surface area contributed by atoms with Crippen molar-refractivity contribution >= 4 is 53.3 Å². The third-order valence-electron chi connectivity index (χ3n) is 9.87. The van der Waals surface area contributed by atoms with Crippen molar-refractivity contribution in [1.29, 1.82) is 5.26 Å². The van der Waals surface area contributed by atoms with Gasteiger partial charge < -0.3 is 4.57 Å². The molecule has 0 spiro atoms. The van der Waals surface area contributed by atoms with Gasteiger partial charge in [-0.3, -0.25) is 0 Å². The number of rotatable bonds is 5. The van der Waals surface area contributed by atoms with E-state index in [9.17, 15) is 5.26 Å². The molecule has 4 nitrogen and oxygen atoms in total. The Bertz CT molecular complexity index is 2910. The van der Waals surface area contributed by atoms with Crippen LogP contribution in [0.3, 0.4) is 0 Å². The molecule has 0 amide bonds. The summed E-state index contributed by atoms with van der Waals surface area (Å²) >= 11 is 1.77. The lowest BCUT2D eigenvalue weighted by Gasteiger charge is -2.15. The smallest absolute Gasteiger partial charge is 0.160 e. The summed E-state index contributed by atoms with van der Waals surface area (Å²) in [4.78, 5) is 10.2. The number of nitrogens with zero attached hydrogens (tertiary/aromatic N) is 4. The molecule has 0 N–H and O–H groups in total. The van der Waals surface area contributed by atoms with E-state index in [-0.39, 0.29) is 0 Å². The topological polar surface area (TPSA) is 54.5 Å². The zero-order valence-electron chi connectivity index (χ0n) is 27.9. The quantitative estimate of drug-likeness (QED) is 0.182. The Morgan fingerprint density at radius 1 is 0.462 bits per heavy atom. The molecule has 5 heteroatoms.